The monoisotopic (exact) mass is 337 g/mol. The van der Waals surface area contributed by atoms with Crippen LogP contribution < -0.4 is 19.7 Å². The lowest BCUT2D eigenvalue weighted by atomic mass is 10.2. The molecule has 1 aromatic rings. The fraction of sp³-hybridized carbons (Fsp3) is 0.500. The van der Waals surface area contributed by atoms with Crippen LogP contribution in [0.3, 0.4) is 0 Å². The summed E-state index contributed by atoms with van der Waals surface area (Å²) < 4.78 is 15.3. The van der Waals surface area contributed by atoms with Crippen LogP contribution in [0.2, 0.25) is 0 Å². The summed E-state index contributed by atoms with van der Waals surface area (Å²) in [7, 11) is 4.67. The number of methoxy groups -OCH3 is 3. The Balaban J connectivity index is 1.99. The minimum atomic E-state index is -0.205. The molecule has 0 saturated carbocycles. The number of hydrogen-bond donors (Lipinski definition) is 1. The van der Waals surface area contributed by atoms with Crippen molar-refractivity contribution in [3.63, 3.8) is 0 Å². The van der Waals surface area contributed by atoms with E-state index >= 15 is 0 Å². The van der Waals surface area contributed by atoms with Crippen LogP contribution in [0.1, 0.15) is 0 Å². The van der Waals surface area contributed by atoms with E-state index in [-0.39, 0.29) is 18.5 Å². The Kier molecular flexibility index (Phi) is 6.25. The second-order valence-corrected chi connectivity index (χ2v) is 5.24. The predicted molar refractivity (Wildman–Crippen MR) is 88.7 cm³/mol. The maximum absolute atomic E-state index is 12.5. The first kappa shape index (κ1) is 17.9. The van der Waals surface area contributed by atoms with Gasteiger partial charge in [-0.15, -0.1) is 0 Å². The summed E-state index contributed by atoms with van der Waals surface area (Å²) in [5.41, 5.74) is 0.708. The van der Waals surface area contributed by atoms with Crippen molar-refractivity contribution in [1.82, 2.24) is 10.2 Å². The maximum atomic E-state index is 12.5. The number of rotatable bonds is 8. The molecule has 1 saturated heterocycles. The summed E-state index contributed by atoms with van der Waals surface area (Å²) in [5, 5.41) is 2.71. The molecule has 0 aliphatic carbocycles. The van der Waals surface area contributed by atoms with E-state index in [0.29, 0.717) is 43.4 Å². The van der Waals surface area contributed by atoms with E-state index in [9.17, 15) is 9.59 Å². The van der Waals surface area contributed by atoms with Gasteiger partial charge in [-0.1, -0.05) is 0 Å². The summed E-state index contributed by atoms with van der Waals surface area (Å²) in [4.78, 5) is 27.5. The first-order valence-electron chi connectivity index (χ1n) is 7.64. The Morgan fingerprint density at radius 2 is 1.92 bits per heavy atom. The Hall–Kier alpha value is -2.48. The lowest BCUT2D eigenvalue weighted by Gasteiger charge is -2.19. The van der Waals surface area contributed by atoms with Crippen molar-refractivity contribution in [2.45, 2.75) is 0 Å². The van der Waals surface area contributed by atoms with Gasteiger partial charge in [-0.05, 0) is 12.1 Å². The van der Waals surface area contributed by atoms with Gasteiger partial charge in [0.2, 0.25) is 5.91 Å². The van der Waals surface area contributed by atoms with E-state index in [2.05, 4.69) is 5.32 Å². The number of ether oxygens (including phenoxy) is 3. The van der Waals surface area contributed by atoms with E-state index in [1.165, 1.54) is 4.90 Å². The average Bonchev–Trinajstić information content (AvgIpc) is 2.95. The van der Waals surface area contributed by atoms with E-state index in [4.69, 9.17) is 14.2 Å². The molecule has 1 fully saturated rings. The Bertz CT molecular complexity index is 593. The molecular weight excluding hydrogens is 314 g/mol. The fourth-order valence-corrected chi connectivity index (χ4v) is 2.48. The summed E-state index contributed by atoms with van der Waals surface area (Å²) in [6.07, 6.45) is 0. The standard InChI is InChI=1S/C16H23N3O5/c1-22-9-6-17-15(20)11-18-7-8-19(16(18)21)12-4-5-13(23-2)14(10-12)24-3/h4-5,10H,6-9,11H2,1-3H3,(H,17,20). The minimum Gasteiger partial charge on any atom is -0.493 e. The third-order valence-electron chi connectivity index (χ3n) is 3.74. The number of amides is 3. The zero-order valence-corrected chi connectivity index (χ0v) is 14.2. The SMILES string of the molecule is COCCNC(=O)CN1CCN(c2ccc(OC)c(OC)c2)C1=O. The number of urea groups is 1. The highest BCUT2D eigenvalue weighted by Gasteiger charge is 2.31. The fourth-order valence-electron chi connectivity index (χ4n) is 2.48. The number of anilines is 1. The third-order valence-corrected chi connectivity index (χ3v) is 3.74. The van der Waals surface area contributed by atoms with Gasteiger partial charge in [-0.2, -0.15) is 0 Å². The summed E-state index contributed by atoms with van der Waals surface area (Å²) >= 11 is 0. The van der Waals surface area contributed by atoms with Gasteiger partial charge >= 0.3 is 6.03 Å². The molecule has 1 N–H and O–H groups in total. The Labute approximate surface area is 141 Å². The van der Waals surface area contributed by atoms with Gasteiger partial charge in [0.25, 0.3) is 0 Å². The second kappa shape index (κ2) is 8.39. The lowest BCUT2D eigenvalue weighted by molar-refractivity contribution is -0.121. The second-order valence-electron chi connectivity index (χ2n) is 5.24. The summed E-state index contributed by atoms with van der Waals surface area (Å²) in [6, 6.07) is 5.09. The van der Waals surface area contributed by atoms with E-state index in [0.717, 1.165) is 0 Å². The van der Waals surface area contributed by atoms with Crippen LogP contribution in [0.25, 0.3) is 0 Å². The quantitative estimate of drug-likeness (QED) is 0.707. The number of nitrogens with one attached hydrogen (secondary N) is 1. The molecule has 1 aromatic carbocycles. The van der Waals surface area contributed by atoms with E-state index in [1.54, 1.807) is 44.4 Å². The molecule has 1 heterocycles. The van der Waals surface area contributed by atoms with E-state index in [1.807, 2.05) is 0 Å². The van der Waals surface area contributed by atoms with Gasteiger partial charge < -0.3 is 24.4 Å². The van der Waals surface area contributed by atoms with Gasteiger partial charge in [-0.3, -0.25) is 9.69 Å². The van der Waals surface area contributed by atoms with Gasteiger partial charge in [0.1, 0.15) is 6.54 Å². The smallest absolute Gasteiger partial charge is 0.325 e. The minimum absolute atomic E-state index is 0.0341. The van der Waals surface area contributed by atoms with Crippen LogP contribution in [0, 0.1) is 0 Å². The van der Waals surface area contributed by atoms with Crippen molar-refractivity contribution in [3.8, 4) is 11.5 Å². The molecule has 132 valence electrons. The van der Waals surface area contributed by atoms with Crippen molar-refractivity contribution >= 4 is 17.6 Å². The number of carbonyl (C=O) groups is 2. The van der Waals surface area contributed by atoms with Crippen molar-refractivity contribution in [2.75, 3.05) is 59.0 Å². The van der Waals surface area contributed by atoms with Crippen LogP contribution >= 0.6 is 0 Å². The average molecular weight is 337 g/mol. The zero-order valence-electron chi connectivity index (χ0n) is 14.2. The highest BCUT2D eigenvalue weighted by atomic mass is 16.5. The summed E-state index contributed by atoms with van der Waals surface area (Å²) in [6.45, 7) is 1.91. The maximum Gasteiger partial charge on any atom is 0.325 e. The van der Waals surface area contributed by atoms with Gasteiger partial charge in [0, 0.05) is 38.5 Å². The first-order chi connectivity index (χ1) is 11.6. The van der Waals surface area contributed by atoms with Gasteiger partial charge in [0.15, 0.2) is 11.5 Å². The molecule has 1 aliphatic rings. The first-order valence-corrected chi connectivity index (χ1v) is 7.64. The molecule has 8 heteroatoms. The number of benzene rings is 1. The number of hydrogen-bond acceptors (Lipinski definition) is 5. The molecule has 0 unspecified atom stereocenters. The normalized spacial score (nSPS) is 14.0. The molecule has 0 bridgehead atoms. The van der Waals surface area contributed by atoms with Crippen molar-refractivity contribution in [2.24, 2.45) is 0 Å². The van der Waals surface area contributed by atoms with Crippen molar-refractivity contribution in [1.29, 1.82) is 0 Å². The van der Waals surface area contributed by atoms with Crippen molar-refractivity contribution < 1.29 is 23.8 Å². The number of nitrogens with zero attached hydrogens (tertiary/aromatic N) is 2. The molecule has 0 atom stereocenters. The van der Waals surface area contributed by atoms with E-state index < -0.39 is 0 Å². The van der Waals surface area contributed by atoms with Gasteiger partial charge in [0.05, 0.1) is 20.8 Å². The number of carbonyl (C=O) groups excluding carboxylic acids is 2. The van der Waals surface area contributed by atoms with Crippen molar-refractivity contribution in [3.05, 3.63) is 18.2 Å². The van der Waals surface area contributed by atoms with Crippen LogP contribution in [-0.2, 0) is 9.53 Å². The van der Waals surface area contributed by atoms with Crippen LogP contribution in [0.5, 0.6) is 11.5 Å². The molecule has 24 heavy (non-hydrogen) atoms. The third kappa shape index (κ3) is 4.08. The highest BCUT2D eigenvalue weighted by molar-refractivity contribution is 5.96. The molecule has 0 radical (unpaired) electrons. The Morgan fingerprint density at radius 3 is 2.58 bits per heavy atom. The molecule has 3 amide bonds. The molecule has 0 aromatic heterocycles. The topological polar surface area (TPSA) is 80.3 Å². The highest BCUT2D eigenvalue weighted by Crippen LogP contribution is 2.32. The van der Waals surface area contributed by atoms with Crippen LogP contribution in [0.4, 0.5) is 10.5 Å². The molecule has 8 nitrogen and oxygen atoms in total. The molecule has 2 rings (SSSR count). The van der Waals surface area contributed by atoms with Crippen LogP contribution in [0.15, 0.2) is 18.2 Å². The molecular formula is C16H23N3O5. The van der Waals surface area contributed by atoms with Gasteiger partial charge in [-0.25, -0.2) is 4.79 Å². The lowest BCUT2D eigenvalue weighted by Crippen LogP contribution is -2.40. The summed E-state index contributed by atoms with van der Waals surface area (Å²) in [5.74, 6) is 0.954. The predicted octanol–water partition coefficient (Wildman–Crippen LogP) is 0.708. The molecule has 0 spiro atoms. The zero-order chi connectivity index (χ0) is 17.5. The largest absolute Gasteiger partial charge is 0.493 e. The Morgan fingerprint density at radius 1 is 1.17 bits per heavy atom. The molecule has 1 aliphatic heterocycles. The van der Waals surface area contributed by atoms with Crippen LogP contribution in [-0.4, -0.2) is 71.0 Å².